The van der Waals surface area contributed by atoms with Gasteiger partial charge in [0.25, 0.3) is 0 Å². The van der Waals surface area contributed by atoms with Crippen molar-refractivity contribution in [3.05, 3.63) is 16.1 Å². The minimum atomic E-state index is 0.347. The standard InChI is InChI=1S/C14H24N2S/c1-14(2,3)9-13-15-10-12(17-13)11-16-7-5-4-6-8-16/h10H,4-9,11H2,1-3H3. The summed E-state index contributed by atoms with van der Waals surface area (Å²) in [6.07, 6.45) is 7.33. The molecule has 1 fully saturated rings. The Bertz CT molecular complexity index is 345. The van der Waals surface area contributed by atoms with Crippen LogP contribution in [0.1, 0.15) is 49.9 Å². The van der Waals surface area contributed by atoms with Gasteiger partial charge in [0, 0.05) is 24.0 Å². The van der Waals surface area contributed by atoms with Crippen LogP contribution in [0.25, 0.3) is 0 Å². The lowest BCUT2D eigenvalue weighted by Crippen LogP contribution is -2.28. The maximum Gasteiger partial charge on any atom is 0.0933 e. The zero-order valence-corrected chi connectivity index (χ0v) is 12.1. The first-order valence-electron chi connectivity index (χ1n) is 6.69. The van der Waals surface area contributed by atoms with Crippen molar-refractivity contribution in [3.63, 3.8) is 0 Å². The molecule has 1 aliphatic heterocycles. The number of hydrogen-bond acceptors (Lipinski definition) is 3. The first-order chi connectivity index (χ1) is 8.03. The molecule has 0 aliphatic carbocycles. The molecule has 0 atom stereocenters. The fourth-order valence-electron chi connectivity index (χ4n) is 2.29. The van der Waals surface area contributed by atoms with Crippen LogP contribution in [0.4, 0.5) is 0 Å². The number of thiazole rings is 1. The maximum absolute atomic E-state index is 4.56. The van der Waals surface area contributed by atoms with Crippen molar-refractivity contribution in [2.45, 2.75) is 53.0 Å². The van der Waals surface area contributed by atoms with E-state index < -0.39 is 0 Å². The molecule has 2 rings (SSSR count). The van der Waals surface area contributed by atoms with Gasteiger partial charge in [-0.2, -0.15) is 0 Å². The maximum atomic E-state index is 4.56. The molecule has 1 aliphatic rings. The van der Waals surface area contributed by atoms with Gasteiger partial charge in [-0.1, -0.05) is 27.2 Å². The molecule has 96 valence electrons. The molecule has 0 spiro atoms. The summed E-state index contributed by atoms with van der Waals surface area (Å²) in [6.45, 7) is 10.5. The van der Waals surface area contributed by atoms with Crippen molar-refractivity contribution in [1.29, 1.82) is 0 Å². The normalized spacial score (nSPS) is 18.5. The fourth-order valence-corrected chi connectivity index (χ4v) is 3.56. The lowest BCUT2D eigenvalue weighted by Gasteiger charge is -2.25. The molecule has 17 heavy (non-hydrogen) atoms. The summed E-state index contributed by atoms with van der Waals surface area (Å²) in [7, 11) is 0. The van der Waals surface area contributed by atoms with Crippen molar-refractivity contribution in [2.75, 3.05) is 13.1 Å². The fraction of sp³-hybridized carbons (Fsp3) is 0.786. The van der Waals surface area contributed by atoms with Crippen LogP contribution in [-0.2, 0) is 13.0 Å². The molecule has 0 amide bonds. The first kappa shape index (κ1) is 13.0. The summed E-state index contributed by atoms with van der Waals surface area (Å²) >= 11 is 1.90. The second kappa shape index (κ2) is 5.49. The van der Waals surface area contributed by atoms with Crippen LogP contribution in [0.5, 0.6) is 0 Å². The quantitative estimate of drug-likeness (QED) is 0.815. The second-order valence-corrected chi connectivity index (χ2v) is 7.49. The van der Waals surface area contributed by atoms with E-state index in [4.69, 9.17) is 0 Å². The third-order valence-corrected chi connectivity index (χ3v) is 4.09. The van der Waals surface area contributed by atoms with Crippen molar-refractivity contribution in [2.24, 2.45) is 5.41 Å². The number of likely N-dealkylation sites (tertiary alicyclic amines) is 1. The van der Waals surface area contributed by atoms with Crippen LogP contribution in [0.3, 0.4) is 0 Å². The summed E-state index contributed by atoms with van der Waals surface area (Å²) in [5, 5.41) is 1.30. The topological polar surface area (TPSA) is 16.1 Å². The van der Waals surface area contributed by atoms with E-state index in [9.17, 15) is 0 Å². The van der Waals surface area contributed by atoms with Crippen molar-refractivity contribution < 1.29 is 0 Å². The van der Waals surface area contributed by atoms with Crippen LogP contribution in [0.15, 0.2) is 6.20 Å². The van der Waals surface area contributed by atoms with E-state index in [1.165, 1.54) is 42.2 Å². The van der Waals surface area contributed by atoms with Gasteiger partial charge in [-0.3, -0.25) is 4.90 Å². The zero-order chi connectivity index (χ0) is 12.3. The Labute approximate surface area is 109 Å². The number of nitrogens with zero attached hydrogens (tertiary/aromatic N) is 2. The Morgan fingerprint density at radius 3 is 2.59 bits per heavy atom. The van der Waals surface area contributed by atoms with Gasteiger partial charge in [0.15, 0.2) is 0 Å². The monoisotopic (exact) mass is 252 g/mol. The minimum Gasteiger partial charge on any atom is -0.298 e. The molecule has 1 aromatic rings. The molecule has 0 saturated carbocycles. The number of aromatic nitrogens is 1. The zero-order valence-electron chi connectivity index (χ0n) is 11.3. The van der Waals surface area contributed by atoms with E-state index >= 15 is 0 Å². The van der Waals surface area contributed by atoms with E-state index in [-0.39, 0.29) is 0 Å². The summed E-state index contributed by atoms with van der Waals surface area (Å²) in [6, 6.07) is 0. The van der Waals surface area contributed by atoms with Gasteiger partial charge in [-0.15, -0.1) is 11.3 Å². The molecule has 0 radical (unpaired) electrons. The predicted molar refractivity (Wildman–Crippen MR) is 74.4 cm³/mol. The van der Waals surface area contributed by atoms with Gasteiger partial charge in [0.2, 0.25) is 0 Å². The van der Waals surface area contributed by atoms with Gasteiger partial charge in [0.05, 0.1) is 5.01 Å². The lowest BCUT2D eigenvalue weighted by molar-refractivity contribution is 0.222. The van der Waals surface area contributed by atoms with Crippen LogP contribution >= 0.6 is 11.3 Å². The van der Waals surface area contributed by atoms with E-state index in [0.29, 0.717) is 5.41 Å². The van der Waals surface area contributed by atoms with E-state index in [1.807, 2.05) is 11.3 Å². The number of piperidine rings is 1. The smallest absolute Gasteiger partial charge is 0.0933 e. The van der Waals surface area contributed by atoms with Gasteiger partial charge in [-0.05, 0) is 31.3 Å². The Hall–Kier alpha value is -0.410. The molecule has 0 unspecified atom stereocenters. The van der Waals surface area contributed by atoms with Gasteiger partial charge >= 0.3 is 0 Å². The summed E-state index contributed by atoms with van der Waals surface area (Å²) in [5.74, 6) is 0. The van der Waals surface area contributed by atoms with Crippen molar-refractivity contribution in [3.8, 4) is 0 Å². The third kappa shape index (κ3) is 4.40. The van der Waals surface area contributed by atoms with Gasteiger partial charge in [0.1, 0.15) is 0 Å². The third-order valence-electron chi connectivity index (χ3n) is 3.11. The van der Waals surface area contributed by atoms with E-state index in [2.05, 4.69) is 36.9 Å². The summed E-state index contributed by atoms with van der Waals surface area (Å²) in [4.78, 5) is 8.56. The molecule has 1 aromatic heterocycles. The largest absolute Gasteiger partial charge is 0.298 e. The van der Waals surface area contributed by atoms with Crippen LogP contribution in [-0.4, -0.2) is 23.0 Å². The lowest BCUT2D eigenvalue weighted by atomic mass is 9.93. The molecular formula is C14H24N2S. The summed E-state index contributed by atoms with van der Waals surface area (Å²) in [5.41, 5.74) is 0.347. The highest BCUT2D eigenvalue weighted by molar-refractivity contribution is 7.11. The molecule has 2 heterocycles. The number of hydrogen-bond donors (Lipinski definition) is 0. The Kier molecular flexibility index (Phi) is 4.21. The average Bonchev–Trinajstić information content (AvgIpc) is 2.64. The predicted octanol–water partition coefficient (Wildman–Crippen LogP) is 3.72. The molecule has 3 heteroatoms. The van der Waals surface area contributed by atoms with E-state index in [1.54, 1.807) is 0 Å². The van der Waals surface area contributed by atoms with Gasteiger partial charge < -0.3 is 0 Å². The SMILES string of the molecule is CC(C)(C)Cc1ncc(CN2CCCCC2)s1. The Morgan fingerprint density at radius 2 is 1.94 bits per heavy atom. The van der Waals surface area contributed by atoms with Crippen LogP contribution in [0, 0.1) is 5.41 Å². The molecule has 0 N–H and O–H groups in total. The number of rotatable bonds is 3. The molecule has 0 aromatic carbocycles. The highest BCUT2D eigenvalue weighted by Gasteiger charge is 2.16. The second-order valence-electron chi connectivity index (χ2n) is 6.29. The first-order valence-corrected chi connectivity index (χ1v) is 7.50. The Morgan fingerprint density at radius 1 is 1.24 bits per heavy atom. The van der Waals surface area contributed by atoms with Crippen molar-refractivity contribution in [1.82, 2.24) is 9.88 Å². The molecule has 2 nitrogen and oxygen atoms in total. The van der Waals surface area contributed by atoms with Gasteiger partial charge in [-0.25, -0.2) is 4.98 Å². The molecular weight excluding hydrogens is 228 g/mol. The molecule has 1 saturated heterocycles. The Balaban J connectivity index is 1.89. The van der Waals surface area contributed by atoms with Crippen molar-refractivity contribution >= 4 is 11.3 Å². The van der Waals surface area contributed by atoms with Crippen LogP contribution in [0.2, 0.25) is 0 Å². The van der Waals surface area contributed by atoms with E-state index in [0.717, 1.165) is 13.0 Å². The molecule has 0 bridgehead atoms. The highest BCUT2D eigenvalue weighted by Crippen LogP contribution is 2.25. The minimum absolute atomic E-state index is 0.347. The average molecular weight is 252 g/mol. The highest BCUT2D eigenvalue weighted by atomic mass is 32.1. The van der Waals surface area contributed by atoms with Crippen LogP contribution < -0.4 is 0 Å². The summed E-state index contributed by atoms with van der Waals surface area (Å²) < 4.78 is 0.